The number of anilines is 1. The maximum absolute atomic E-state index is 12.8. The van der Waals surface area contributed by atoms with E-state index in [1.807, 2.05) is 6.92 Å². The molecule has 1 aliphatic rings. The fraction of sp³-hybridized carbons (Fsp3) is 0.375. The van der Waals surface area contributed by atoms with Gasteiger partial charge in [-0.25, -0.2) is 0 Å². The van der Waals surface area contributed by atoms with Crippen LogP contribution in [0.3, 0.4) is 0 Å². The van der Waals surface area contributed by atoms with Gasteiger partial charge in [0.1, 0.15) is 0 Å². The zero-order valence-electron chi connectivity index (χ0n) is 12.9. The van der Waals surface area contributed by atoms with Crippen LogP contribution in [-0.4, -0.2) is 46.9 Å². The van der Waals surface area contributed by atoms with E-state index in [1.54, 1.807) is 29.2 Å². The summed E-state index contributed by atoms with van der Waals surface area (Å²) in [7, 11) is 0. The number of nitrogens with zero attached hydrogens (tertiary/aromatic N) is 2. The lowest BCUT2D eigenvalue weighted by molar-refractivity contribution is -0.143. The minimum Gasteiger partial charge on any atom is -0.481 e. The molecule has 0 saturated carbocycles. The first-order valence-corrected chi connectivity index (χ1v) is 7.45. The summed E-state index contributed by atoms with van der Waals surface area (Å²) >= 11 is 0. The third-order valence-electron chi connectivity index (χ3n) is 3.98. The summed E-state index contributed by atoms with van der Waals surface area (Å²) in [4.78, 5) is 25.7. The minimum absolute atomic E-state index is 0.00349. The number of likely N-dealkylation sites (tertiary alicyclic amines) is 1. The first-order chi connectivity index (χ1) is 11.0. The van der Waals surface area contributed by atoms with Crippen molar-refractivity contribution in [1.82, 2.24) is 4.90 Å². The van der Waals surface area contributed by atoms with Crippen molar-refractivity contribution in [3.8, 4) is 0 Å². The first-order valence-electron chi connectivity index (χ1n) is 7.45. The number of carbonyl (C=O) groups excluding carboxylic acids is 1. The Balaban J connectivity index is 2.23. The molecule has 7 nitrogen and oxygen atoms in total. The van der Waals surface area contributed by atoms with Crippen LogP contribution in [-0.2, 0) is 4.79 Å². The SMILES string of the molecule is C[C@@H]1CC[C@@H](C(=O)O)CN1C(=O)c1ccccc1N/N=C\C=N. The number of amides is 1. The fourth-order valence-corrected chi connectivity index (χ4v) is 2.66. The number of hydrogen-bond acceptors (Lipinski definition) is 5. The van der Waals surface area contributed by atoms with Gasteiger partial charge >= 0.3 is 5.97 Å². The fourth-order valence-electron chi connectivity index (χ4n) is 2.66. The number of para-hydroxylation sites is 1. The van der Waals surface area contributed by atoms with Crippen molar-refractivity contribution < 1.29 is 14.7 Å². The van der Waals surface area contributed by atoms with Crippen molar-refractivity contribution >= 4 is 30.0 Å². The molecule has 0 spiro atoms. The van der Waals surface area contributed by atoms with Gasteiger partial charge in [0.25, 0.3) is 5.91 Å². The Kier molecular flexibility index (Phi) is 5.46. The van der Waals surface area contributed by atoms with Gasteiger partial charge in [-0.05, 0) is 31.9 Å². The van der Waals surface area contributed by atoms with Crippen LogP contribution in [0.25, 0.3) is 0 Å². The molecule has 122 valence electrons. The maximum atomic E-state index is 12.8. The van der Waals surface area contributed by atoms with Gasteiger partial charge in [-0.1, -0.05) is 12.1 Å². The summed E-state index contributed by atoms with van der Waals surface area (Å²) in [5.41, 5.74) is 3.70. The standard InChI is InChI=1S/C16H20N4O3/c1-11-6-7-12(16(22)23)10-20(11)15(21)13-4-2-3-5-14(13)19-18-9-8-17/h2-5,8-9,11-12,17,19H,6-7,10H2,1H3,(H,22,23)/b17-8?,18-9-/t11-,12-/m1/s1. The van der Waals surface area contributed by atoms with E-state index in [0.29, 0.717) is 24.1 Å². The van der Waals surface area contributed by atoms with Crippen LogP contribution in [0.1, 0.15) is 30.1 Å². The van der Waals surface area contributed by atoms with E-state index in [0.717, 1.165) is 6.21 Å². The molecule has 1 saturated heterocycles. The van der Waals surface area contributed by atoms with Gasteiger partial charge in [0.2, 0.25) is 0 Å². The molecular weight excluding hydrogens is 296 g/mol. The van der Waals surface area contributed by atoms with Gasteiger partial charge in [0.15, 0.2) is 0 Å². The molecule has 0 aliphatic carbocycles. The highest BCUT2D eigenvalue weighted by atomic mass is 16.4. The molecule has 2 rings (SSSR count). The number of hydrogen-bond donors (Lipinski definition) is 3. The third-order valence-corrected chi connectivity index (χ3v) is 3.98. The lowest BCUT2D eigenvalue weighted by Crippen LogP contribution is -2.47. The number of benzene rings is 1. The van der Waals surface area contributed by atoms with Gasteiger partial charge < -0.3 is 15.4 Å². The van der Waals surface area contributed by atoms with E-state index < -0.39 is 11.9 Å². The number of hydrazone groups is 1. The van der Waals surface area contributed by atoms with Crippen LogP contribution in [0.5, 0.6) is 0 Å². The van der Waals surface area contributed by atoms with E-state index in [4.69, 9.17) is 5.41 Å². The second kappa shape index (κ2) is 7.53. The Bertz CT molecular complexity index is 630. The molecule has 1 fully saturated rings. The predicted octanol–water partition coefficient (Wildman–Crippen LogP) is 2.06. The van der Waals surface area contributed by atoms with Crippen molar-refractivity contribution in [3.05, 3.63) is 29.8 Å². The summed E-state index contributed by atoms with van der Waals surface area (Å²) in [6.45, 7) is 2.15. The van der Waals surface area contributed by atoms with Gasteiger partial charge in [-0.3, -0.25) is 15.0 Å². The highest BCUT2D eigenvalue weighted by Crippen LogP contribution is 2.26. The summed E-state index contributed by atoms with van der Waals surface area (Å²) < 4.78 is 0. The topological polar surface area (TPSA) is 106 Å². The van der Waals surface area contributed by atoms with Crippen molar-refractivity contribution in [2.75, 3.05) is 12.0 Å². The molecule has 1 aromatic carbocycles. The van der Waals surface area contributed by atoms with Crippen LogP contribution in [0, 0.1) is 11.3 Å². The molecule has 1 aromatic rings. The number of carbonyl (C=O) groups is 2. The predicted molar refractivity (Wildman–Crippen MR) is 88.2 cm³/mol. The highest BCUT2D eigenvalue weighted by molar-refractivity contribution is 6.14. The molecule has 0 aromatic heterocycles. The van der Waals surface area contributed by atoms with Crippen LogP contribution >= 0.6 is 0 Å². The van der Waals surface area contributed by atoms with Crippen LogP contribution in [0.4, 0.5) is 5.69 Å². The minimum atomic E-state index is -0.864. The Morgan fingerprint density at radius 1 is 1.39 bits per heavy atom. The van der Waals surface area contributed by atoms with Crippen LogP contribution < -0.4 is 5.43 Å². The van der Waals surface area contributed by atoms with E-state index in [2.05, 4.69) is 10.5 Å². The number of carboxylic acids is 1. The Hall–Kier alpha value is -2.70. The average molecular weight is 316 g/mol. The van der Waals surface area contributed by atoms with Gasteiger partial charge in [0.05, 0.1) is 23.4 Å². The number of carboxylic acid groups (broad SMARTS) is 1. The lowest BCUT2D eigenvalue weighted by Gasteiger charge is -2.36. The molecule has 0 unspecified atom stereocenters. The monoisotopic (exact) mass is 316 g/mol. The smallest absolute Gasteiger partial charge is 0.308 e. The van der Waals surface area contributed by atoms with Gasteiger partial charge in [-0.15, -0.1) is 0 Å². The van der Waals surface area contributed by atoms with Crippen LogP contribution in [0.15, 0.2) is 29.4 Å². The summed E-state index contributed by atoms with van der Waals surface area (Å²) in [5.74, 6) is -1.60. The largest absolute Gasteiger partial charge is 0.481 e. The maximum Gasteiger partial charge on any atom is 0.308 e. The van der Waals surface area contributed by atoms with Crippen LogP contribution in [0.2, 0.25) is 0 Å². The quantitative estimate of drug-likeness (QED) is 0.571. The Morgan fingerprint density at radius 3 is 2.83 bits per heavy atom. The second-order valence-corrected chi connectivity index (χ2v) is 5.52. The molecule has 1 amide bonds. The molecule has 23 heavy (non-hydrogen) atoms. The molecular formula is C16H20N4O3. The molecule has 3 N–H and O–H groups in total. The zero-order valence-corrected chi connectivity index (χ0v) is 12.9. The van der Waals surface area contributed by atoms with E-state index in [-0.39, 0.29) is 18.5 Å². The first kappa shape index (κ1) is 16.7. The van der Waals surface area contributed by atoms with E-state index >= 15 is 0 Å². The molecule has 1 heterocycles. The number of aliphatic carboxylic acids is 1. The van der Waals surface area contributed by atoms with Gasteiger partial charge in [0, 0.05) is 18.8 Å². The van der Waals surface area contributed by atoms with Crippen molar-refractivity contribution in [2.24, 2.45) is 11.0 Å². The Morgan fingerprint density at radius 2 is 2.13 bits per heavy atom. The third kappa shape index (κ3) is 3.94. The molecule has 7 heteroatoms. The van der Waals surface area contributed by atoms with E-state index in [1.165, 1.54) is 6.21 Å². The summed E-state index contributed by atoms with van der Waals surface area (Å²) in [6.07, 6.45) is 3.56. The van der Waals surface area contributed by atoms with Crippen molar-refractivity contribution in [2.45, 2.75) is 25.8 Å². The molecule has 2 atom stereocenters. The normalized spacial score (nSPS) is 21.2. The van der Waals surface area contributed by atoms with Crippen molar-refractivity contribution in [1.29, 1.82) is 5.41 Å². The number of rotatable bonds is 5. The molecule has 0 bridgehead atoms. The Labute approximate surface area is 134 Å². The van der Waals surface area contributed by atoms with Crippen molar-refractivity contribution in [3.63, 3.8) is 0 Å². The number of piperidine rings is 1. The second-order valence-electron chi connectivity index (χ2n) is 5.52. The van der Waals surface area contributed by atoms with Gasteiger partial charge in [-0.2, -0.15) is 5.10 Å². The molecule has 0 radical (unpaired) electrons. The molecule has 1 aliphatic heterocycles. The van der Waals surface area contributed by atoms with E-state index in [9.17, 15) is 14.7 Å². The lowest BCUT2D eigenvalue weighted by atomic mass is 9.93. The highest BCUT2D eigenvalue weighted by Gasteiger charge is 2.33. The zero-order chi connectivity index (χ0) is 16.8. The number of nitrogens with one attached hydrogen (secondary N) is 2. The average Bonchev–Trinajstić information content (AvgIpc) is 2.55. The summed E-state index contributed by atoms with van der Waals surface area (Å²) in [5, 5.41) is 19.9. The summed E-state index contributed by atoms with van der Waals surface area (Å²) in [6, 6.07) is 6.93.